The average Bonchev–Trinajstić information content (AvgIpc) is 2.44. The van der Waals surface area contributed by atoms with Gasteiger partial charge in [-0.1, -0.05) is 22.9 Å². The van der Waals surface area contributed by atoms with Crippen molar-refractivity contribution >= 4 is 5.71 Å². The van der Waals surface area contributed by atoms with E-state index in [1.54, 1.807) is 7.11 Å². The smallest absolute Gasteiger partial charge is 0.120 e. The van der Waals surface area contributed by atoms with Gasteiger partial charge in [0.05, 0.1) is 5.71 Å². The molecule has 3 nitrogen and oxygen atoms in total. The van der Waals surface area contributed by atoms with Gasteiger partial charge in [-0.15, -0.1) is 0 Å². The number of aryl methyl sites for hydroxylation is 1. The molecule has 0 amide bonds. The lowest BCUT2D eigenvalue weighted by Gasteiger charge is -2.56. The number of hydrogen-bond donors (Lipinski definition) is 0. The molecule has 0 aliphatic heterocycles. The predicted molar refractivity (Wildman–Crippen MR) is 82.5 cm³/mol. The molecule has 0 radical (unpaired) electrons. The van der Waals surface area contributed by atoms with Gasteiger partial charge in [-0.05, 0) is 57.1 Å². The molecule has 5 rings (SSSR count). The van der Waals surface area contributed by atoms with Gasteiger partial charge in [-0.2, -0.15) is 0 Å². The number of hydrogen-bond acceptors (Lipinski definition) is 3. The molecule has 1 aromatic carbocycles. The Balaban J connectivity index is 1.59. The van der Waals surface area contributed by atoms with E-state index in [0.29, 0.717) is 11.8 Å². The summed E-state index contributed by atoms with van der Waals surface area (Å²) in [5.41, 5.74) is 2.62. The van der Waals surface area contributed by atoms with Crippen molar-refractivity contribution in [2.24, 2.45) is 22.9 Å². The van der Waals surface area contributed by atoms with Crippen molar-refractivity contribution in [2.75, 3.05) is 7.11 Å². The summed E-state index contributed by atoms with van der Waals surface area (Å²) in [5, 5.41) is 4.33. The Labute approximate surface area is 126 Å². The SMILES string of the molecule is CON=C1C2CC3CC1CC(Oc1ccc(C)cc1)(C3)C2. The molecule has 0 N–H and O–H groups in total. The highest BCUT2D eigenvalue weighted by Crippen LogP contribution is 2.55. The molecule has 0 spiro atoms. The average molecular weight is 285 g/mol. The van der Waals surface area contributed by atoms with E-state index in [1.807, 2.05) is 0 Å². The molecule has 21 heavy (non-hydrogen) atoms. The maximum absolute atomic E-state index is 6.50. The molecular formula is C18H23NO2. The summed E-state index contributed by atoms with van der Waals surface area (Å²) in [6.07, 6.45) is 5.98. The third-order valence-corrected chi connectivity index (χ3v) is 5.52. The largest absolute Gasteiger partial charge is 0.487 e. The summed E-state index contributed by atoms with van der Waals surface area (Å²) < 4.78 is 6.50. The fraction of sp³-hybridized carbons (Fsp3) is 0.611. The van der Waals surface area contributed by atoms with Crippen molar-refractivity contribution in [3.05, 3.63) is 29.8 Å². The second-order valence-corrected chi connectivity index (χ2v) is 7.14. The summed E-state index contributed by atoms with van der Waals surface area (Å²) in [7, 11) is 1.66. The van der Waals surface area contributed by atoms with E-state index in [1.165, 1.54) is 30.5 Å². The molecule has 112 valence electrons. The zero-order valence-electron chi connectivity index (χ0n) is 12.8. The van der Waals surface area contributed by atoms with Crippen LogP contribution in [-0.2, 0) is 4.84 Å². The van der Waals surface area contributed by atoms with Gasteiger partial charge in [-0.3, -0.25) is 0 Å². The van der Waals surface area contributed by atoms with E-state index in [2.05, 4.69) is 36.3 Å². The number of oxime groups is 1. The highest BCUT2D eigenvalue weighted by Gasteiger charge is 2.55. The molecule has 4 aliphatic carbocycles. The van der Waals surface area contributed by atoms with Crippen LogP contribution in [0.1, 0.15) is 37.7 Å². The van der Waals surface area contributed by atoms with E-state index in [4.69, 9.17) is 9.57 Å². The van der Waals surface area contributed by atoms with Crippen molar-refractivity contribution in [1.29, 1.82) is 0 Å². The molecule has 2 atom stereocenters. The van der Waals surface area contributed by atoms with Gasteiger partial charge in [0.25, 0.3) is 0 Å². The standard InChI is InChI=1S/C18H23NO2/c1-12-3-5-16(6-4-12)21-18-9-13-7-14(10-18)17(19-20-2)15(8-13)11-18/h3-6,13-15H,7-11H2,1-2H3. The van der Waals surface area contributed by atoms with Crippen LogP contribution in [0.15, 0.2) is 29.4 Å². The lowest BCUT2D eigenvalue weighted by atomic mass is 9.53. The van der Waals surface area contributed by atoms with Crippen LogP contribution >= 0.6 is 0 Å². The Kier molecular flexibility index (Phi) is 2.98. The van der Waals surface area contributed by atoms with Crippen LogP contribution in [0.2, 0.25) is 0 Å². The Morgan fingerprint density at radius 2 is 1.71 bits per heavy atom. The molecule has 0 heterocycles. The minimum atomic E-state index is 0.0402. The van der Waals surface area contributed by atoms with Gasteiger partial charge < -0.3 is 9.57 Å². The molecule has 4 bridgehead atoms. The maximum atomic E-state index is 6.50. The van der Waals surface area contributed by atoms with E-state index in [-0.39, 0.29) is 5.60 Å². The van der Waals surface area contributed by atoms with Gasteiger partial charge in [-0.25, -0.2) is 0 Å². The summed E-state index contributed by atoms with van der Waals surface area (Å²) in [4.78, 5) is 5.08. The van der Waals surface area contributed by atoms with Crippen molar-refractivity contribution in [2.45, 2.75) is 44.6 Å². The van der Waals surface area contributed by atoms with Crippen LogP contribution < -0.4 is 4.74 Å². The second kappa shape index (κ2) is 4.75. The monoisotopic (exact) mass is 285 g/mol. The van der Waals surface area contributed by atoms with E-state index in [0.717, 1.165) is 24.5 Å². The van der Waals surface area contributed by atoms with Crippen molar-refractivity contribution in [1.82, 2.24) is 0 Å². The van der Waals surface area contributed by atoms with Crippen LogP contribution in [0.4, 0.5) is 0 Å². The highest BCUT2D eigenvalue weighted by molar-refractivity contribution is 5.90. The number of benzene rings is 1. The molecule has 3 heteroatoms. The van der Waals surface area contributed by atoms with Gasteiger partial charge >= 0.3 is 0 Å². The summed E-state index contributed by atoms with van der Waals surface area (Å²) in [5.74, 6) is 2.97. The lowest BCUT2D eigenvalue weighted by Crippen LogP contribution is -2.57. The molecule has 0 saturated heterocycles. The third kappa shape index (κ3) is 2.23. The minimum Gasteiger partial charge on any atom is -0.487 e. The zero-order chi connectivity index (χ0) is 14.4. The number of ether oxygens (including phenoxy) is 1. The van der Waals surface area contributed by atoms with Crippen LogP contribution in [0.25, 0.3) is 0 Å². The van der Waals surface area contributed by atoms with Crippen LogP contribution in [0.5, 0.6) is 5.75 Å². The Hall–Kier alpha value is -1.51. The van der Waals surface area contributed by atoms with Gasteiger partial charge in [0.15, 0.2) is 0 Å². The van der Waals surface area contributed by atoms with Gasteiger partial charge in [0.1, 0.15) is 18.5 Å². The predicted octanol–water partition coefficient (Wildman–Crippen LogP) is 3.95. The fourth-order valence-corrected chi connectivity index (χ4v) is 4.93. The van der Waals surface area contributed by atoms with E-state index >= 15 is 0 Å². The normalized spacial score (nSPS) is 36.7. The third-order valence-electron chi connectivity index (χ3n) is 5.52. The number of rotatable bonds is 3. The Bertz CT molecular complexity index is 545. The first kappa shape index (κ1) is 13.2. The molecule has 4 aliphatic rings. The summed E-state index contributed by atoms with van der Waals surface area (Å²) in [6.45, 7) is 2.11. The Morgan fingerprint density at radius 1 is 1.05 bits per heavy atom. The molecule has 4 saturated carbocycles. The first-order chi connectivity index (χ1) is 10.2. The first-order valence-electron chi connectivity index (χ1n) is 8.04. The zero-order valence-corrected chi connectivity index (χ0v) is 12.8. The first-order valence-corrected chi connectivity index (χ1v) is 8.04. The lowest BCUT2D eigenvalue weighted by molar-refractivity contribution is -0.0642. The topological polar surface area (TPSA) is 30.8 Å². The van der Waals surface area contributed by atoms with Crippen LogP contribution in [0.3, 0.4) is 0 Å². The van der Waals surface area contributed by atoms with E-state index in [9.17, 15) is 0 Å². The van der Waals surface area contributed by atoms with Crippen molar-refractivity contribution in [3.8, 4) is 5.75 Å². The Morgan fingerprint density at radius 3 is 2.33 bits per heavy atom. The summed E-state index contributed by atoms with van der Waals surface area (Å²) >= 11 is 0. The van der Waals surface area contributed by atoms with Crippen LogP contribution in [-0.4, -0.2) is 18.4 Å². The highest BCUT2D eigenvalue weighted by atomic mass is 16.6. The second-order valence-electron chi connectivity index (χ2n) is 7.14. The quantitative estimate of drug-likeness (QED) is 0.787. The molecule has 1 aromatic rings. The molecular weight excluding hydrogens is 262 g/mol. The molecule has 0 aromatic heterocycles. The van der Waals surface area contributed by atoms with E-state index < -0.39 is 0 Å². The molecule has 2 unspecified atom stereocenters. The maximum Gasteiger partial charge on any atom is 0.120 e. The van der Waals surface area contributed by atoms with Crippen LogP contribution in [0, 0.1) is 24.7 Å². The fourth-order valence-electron chi connectivity index (χ4n) is 4.93. The minimum absolute atomic E-state index is 0.0402. The van der Waals surface area contributed by atoms with Gasteiger partial charge in [0.2, 0.25) is 0 Å². The van der Waals surface area contributed by atoms with Crippen molar-refractivity contribution in [3.63, 3.8) is 0 Å². The summed E-state index contributed by atoms with van der Waals surface area (Å²) in [6, 6.07) is 8.48. The number of nitrogens with zero attached hydrogens (tertiary/aromatic N) is 1. The van der Waals surface area contributed by atoms with Crippen molar-refractivity contribution < 1.29 is 9.57 Å². The molecule has 4 fully saturated rings. The van der Waals surface area contributed by atoms with Gasteiger partial charge in [0, 0.05) is 11.8 Å².